The summed E-state index contributed by atoms with van der Waals surface area (Å²) in [7, 11) is -3.99. The summed E-state index contributed by atoms with van der Waals surface area (Å²) < 4.78 is 40.6. The number of benzene rings is 2. The van der Waals surface area contributed by atoms with Gasteiger partial charge in [0.15, 0.2) is 0 Å². The summed E-state index contributed by atoms with van der Waals surface area (Å²) in [6.45, 7) is 1.67. The topological polar surface area (TPSA) is 80.5 Å². The van der Waals surface area contributed by atoms with Crippen molar-refractivity contribution in [2.45, 2.75) is 18.2 Å². The van der Waals surface area contributed by atoms with Crippen LogP contribution in [-0.4, -0.2) is 19.9 Å². The number of fused-ring (bicyclic) bond motifs is 1. The Balaban J connectivity index is 2.15. The lowest BCUT2D eigenvalue weighted by molar-refractivity contribution is -0.387. The van der Waals surface area contributed by atoms with E-state index in [1.807, 2.05) is 12.1 Å². The van der Waals surface area contributed by atoms with Gasteiger partial charge in [-0.25, -0.2) is 8.42 Å². The van der Waals surface area contributed by atoms with Gasteiger partial charge in [0, 0.05) is 12.6 Å². The SMILES string of the molecule is Cc1cc(F)c([N+](=O)[O-])cc1S(=O)(=O)N1CCc2ccccc21. The Bertz CT molecular complexity index is 912. The molecule has 0 amide bonds. The highest BCUT2D eigenvalue weighted by Gasteiger charge is 2.33. The maximum Gasteiger partial charge on any atom is 0.306 e. The van der Waals surface area contributed by atoms with Crippen molar-refractivity contribution >= 4 is 21.4 Å². The number of halogens is 1. The number of hydrogen-bond acceptors (Lipinski definition) is 4. The van der Waals surface area contributed by atoms with Crippen LogP contribution in [0.15, 0.2) is 41.3 Å². The molecule has 2 aromatic rings. The van der Waals surface area contributed by atoms with Crippen LogP contribution in [0, 0.1) is 22.9 Å². The van der Waals surface area contributed by atoms with Crippen LogP contribution in [0.25, 0.3) is 0 Å². The van der Waals surface area contributed by atoms with Gasteiger partial charge in [0.1, 0.15) is 0 Å². The molecule has 0 unspecified atom stereocenters. The molecule has 6 nitrogen and oxygen atoms in total. The molecule has 3 rings (SSSR count). The van der Waals surface area contributed by atoms with Gasteiger partial charge in [-0.2, -0.15) is 4.39 Å². The lowest BCUT2D eigenvalue weighted by Crippen LogP contribution is -2.29. The number of aryl methyl sites for hydroxylation is 1. The van der Waals surface area contributed by atoms with E-state index < -0.39 is 26.5 Å². The number of nitro benzene ring substituents is 1. The Hall–Kier alpha value is -2.48. The monoisotopic (exact) mass is 336 g/mol. The zero-order chi connectivity index (χ0) is 16.8. The van der Waals surface area contributed by atoms with Crippen LogP contribution in [0.5, 0.6) is 0 Å². The van der Waals surface area contributed by atoms with Crippen molar-refractivity contribution in [3.8, 4) is 0 Å². The molecule has 0 aromatic heterocycles. The van der Waals surface area contributed by atoms with E-state index in [9.17, 15) is 22.9 Å². The van der Waals surface area contributed by atoms with Crippen LogP contribution >= 0.6 is 0 Å². The molecule has 0 N–H and O–H groups in total. The van der Waals surface area contributed by atoms with Crippen LogP contribution in [-0.2, 0) is 16.4 Å². The predicted octanol–water partition coefficient (Wildman–Crippen LogP) is 2.79. The molecular weight excluding hydrogens is 323 g/mol. The van der Waals surface area contributed by atoms with Crippen molar-refractivity contribution in [3.05, 3.63) is 63.5 Å². The third-order valence-electron chi connectivity index (χ3n) is 3.85. The van der Waals surface area contributed by atoms with Crippen LogP contribution in [0.3, 0.4) is 0 Å². The summed E-state index contributed by atoms with van der Waals surface area (Å²) in [6.07, 6.45) is 0.567. The van der Waals surface area contributed by atoms with E-state index in [4.69, 9.17) is 0 Å². The summed E-state index contributed by atoms with van der Waals surface area (Å²) in [5, 5.41) is 10.9. The Labute approximate surface area is 132 Å². The first-order valence-corrected chi connectivity index (χ1v) is 8.31. The smallest absolute Gasteiger partial charge is 0.266 e. The highest BCUT2D eigenvalue weighted by molar-refractivity contribution is 7.93. The standard InChI is InChI=1S/C15H13FN2O4S/c1-10-8-12(16)14(18(19)20)9-15(10)23(21,22)17-7-6-11-4-2-3-5-13(11)17/h2-5,8-9H,6-7H2,1H3. The van der Waals surface area contributed by atoms with E-state index >= 15 is 0 Å². The molecule has 0 saturated carbocycles. The van der Waals surface area contributed by atoms with E-state index in [1.165, 1.54) is 11.2 Å². The summed E-state index contributed by atoms with van der Waals surface area (Å²) in [4.78, 5) is 9.72. The number of rotatable bonds is 3. The molecule has 1 aliphatic rings. The molecule has 120 valence electrons. The van der Waals surface area contributed by atoms with E-state index in [0.717, 1.165) is 17.7 Å². The minimum atomic E-state index is -3.99. The zero-order valence-electron chi connectivity index (χ0n) is 12.2. The lowest BCUT2D eigenvalue weighted by atomic mass is 10.2. The number of hydrogen-bond donors (Lipinski definition) is 0. The number of nitro groups is 1. The second kappa shape index (κ2) is 5.31. The first kappa shape index (κ1) is 15.4. The van der Waals surface area contributed by atoms with Gasteiger partial charge in [-0.3, -0.25) is 14.4 Å². The lowest BCUT2D eigenvalue weighted by Gasteiger charge is -2.20. The molecule has 0 aliphatic carbocycles. The fourth-order valence-corrected chi connectivity index (χ4v) is 4.47. The second-order valence-electron chi connectivity index (χ2n) is 5.28. The Morgan fingerprint density at radius 2 is 1.96 bits per heavy atom. The molecule has 0 radical (unpaired) electrons. The van der Waals surface area contributed by atoms with E-state index in [0.29, 0.717) is 12.1 Å². The highest BCUT2D eigenvalue weighted by Crippen LogP contribution is 2.35. The maximum atomic E-state index is 13.6. The molecule has 23 heavy (non-hydrogen) atoms. The summed E-state index contributed by atoms with van der Waals surface area (Å²) in [6, 6.07) is 8.75. The van der Waals surface area contributed by atoms with Gasteiger partial charge in [-0.1, -0.05) is 18.2 Å². The summed E-state index contributed by atoms with van der Waals surface area (Å²) in [5.41, 5.74) is 0.739. The van der Waals surface area contributed by atoms with Crippen molar-refractivity contribution in [1.29, 1.82) is 0 Å². The van der Waals surface area contributed by atoms with Crippen molar-refractivity contribution in [3.63, 3.8) is 0 Å². The molecule has 8 heteroatoms. The normalized spacial score (nSPS) is 13.9. The van der Waals surface area contributed by atoms with Crippen molar-refractivity contribution in [2.75, 3.05) is 10.8 Å². The first-order chi connectivity index (χ1) is 10.8. The second-order valence-corrected chi connectivity index (χ2v) is 7.11. The average Bonchev–Trinajstić information content (AvgIpc) is 2.91. The minimum Gasteiger partial charge on any atom is -0.266 e. The van der Waals surface area contributed by atoms with Gasteiger partial charge in [-0.05, 0) is 36.6 Å². The maximum absolute atomic E-state index is 13.6. The number of anilines is 1. The molecule has 0 spiro atoms. The third-order valence-corrected chi connectivity index (χ3v) is 5.81. The van der Waals surface area contributed by atoms with Gasteiger partial charge >= 0.3 is 5.69 Å². The molecule has 2 aromatic carbocycles. The van der Waals surface area contributed by atoms with Gasteiger partial charge in [0.05, 0.1) is 15.5 Å². The largest absolute Gasteiger partial charge is 0.306 e. The Morgan fingerprint density at radius 1 is 1.26 bits per heavy atom. The van der Waals surface area contributed by atoms with Crippen LogP contribution in [0.2, 0.25) is 0 Å². The molecule has 0 atom stereocenters. The van der Waals surface area contributed by atoms with Crippen molar-refractivity contribution in [1.82, 2.24) is 0 Å². The molecule has 1 heterocycles. The van der Waals surface area contributed by atoms with E-state index in [-0.39, 0.29) is 17.0 Å². The fraction of sp³-hybridized carbons (Fsp3) is 0.200. The average molecular weight is 336 g/mol. The molecular formula is C15H13FN2O4S. The van der Waals surface area contributed by atoms with Gasteiger partial charge in [0.25, 0.3) is 10.0 Å². The van der Waals surface area contributed by atoms with E-state index in [1.54, 1.807) is 12.1 Å². The van der Waals surface area contributed by atoms with Crippen LogP contribution in [0.1, 0.15) is 11.1 Å². The van der Waals surface area contributed by atoms with Gasteiger partial charge in [-0.15, -0.1) is 0 Å². The number of para-hydroxylation sites is 1. The number of nitrogens with zero attached hydrogens (tertiary/aromatic N) is 2. The minimum absolute atomic E-state index is 0.137. The molecule has 0 fully saturated rings. The first-order valence-electron chi connectivity index (χ1n) is 6.87. The van der Waals surface area contributed by atoms with E-state index in [2.05, 4.69) is 0 Å². The Kier molecular flexibility index (Phi) is 3.56. The van der Waals surface area contributed by atoms with Gasteiger partial charge in [0.2, 0.25) is 5.82 Å². The predicted molar refractivity (Wildman–Crippen MR) is 82.5 cm³/mol. The Morgan fingerprint density at radius 3 is 2.65 bits per heavy atom. The third kappa shape index (κ3) is 2.44. The van der Waals surface area contributed by atoms with Gasteiger partial charge < -0.3 is 0 Å². The van der Waals surface area contributed by atoms with Crippen LogP contribution in [0.4, 0.5) is 15.8 Å². The molecule has 0 bridgehead atoms. The highest BCUT2D eigenvalue weighted by atomic mass is 32.2. The fourth-order valence-electron chi connectivity index (χ4n) is 2.74. The molecule has 1 aliphatic heterocycles. The summed E-state index contributed by atoms with van der Waals surface area (Å²) in [5.74, 6) is -1.05. The van der Waals surface area contributed by atoms with Crippen LogP contribution < -0.4 is 4.31 Å². The summed E-state index contributed by atoms with van der Waals surface area (Å²) >= 11 is 0. The molecule has 0 saturated heterocycles. The van der Waals surface area contributed by atoms with Crippen molar-refractivity contribution in [2.24, 2.45) is 0 Å². The van der Waals surface area contributed by atoms with Crippen molar-refractivity contribution < 1.29 is 17.7 Å². The number of sulfonamides is 1. The quantitative estimate of drug-likeness (QED) is 0.637. The zero-order valence-corrected chi connectivity index (χ0v) is 13.0.